The molecule has 0 N–H and O–H groups in total. The van der Waals surface area contributed by atoms with Crippen LogP contribution in [0.4, 0.5) is 0 Å². The van der Waals surface area contributed by atoms with Crippen LogP contribution in [0.5, 0.6) is 0 Å². The number of ether oxygens (including phenoxy) is 1. The van der Waals surface area contributed by atoms with Crippen LogP contribution < -0.4 is 0 Å². The first-order valence-corrected chi connectivity index (χ1v) is 6.97. The third-order valence-corrected chi connectivity index (χ3v) is 3.27. The number of furan rings is 1. The molecule has 0 aliphatic heterocycles. The number of rotatable bonds is 6. The van der Waals surface area contributed by atoms with Crippen LogP contribution in [0.25, 0.3) is 0 Å². The van der Waals surface area contributed by atoms with Gasteiger partial charge >= 0.3 is 0 Å². The smallest absolute Gasteiger partial charge is 0.254 e. The summed E-state index contributed by atoms with van der Waals surface area (Å²) in [6.07, 6.45) is 3.28. The van der Waals surface area contributed by atoms with Crippen LogP contribution in [0.1, 0.15) is 27.0 Å². The van der Waals surface area contributed by atoms with Gasteiger partial charge in [0.05, 0.1) is 19.1 Å². The van der Waals surface area contributed by atoms with Crippen molar-refractivity contribution >= 4 is 5.91 Å². The second-order valence-corrected chi connectivity index (χ2v) is 5.23. The lowest BCUT2D eigenvalue weighted by Crippen LogP contribution is -2.33. The summed E-state index contributed by atoms with van der Waals surface area (Å²) in [6, 6.07) is 7.77. The van der Waals surface area contributed by atoms with Crippen LogP contribution in [0.15, 0.2) is 41.2 Å². The molecule has 0 saturated heterocycles. The number of amides is 1. The molecular formula is C17H21NO3. The number of carbonyl (C=O) groups is 1. The molecule has 0 spiro atoms. The minimum absolute atomic E-state index is 0.0139. The Morgan fingerprint density at radius 3 is 2.52 bits per heavy atom. The first kappa shape index (κ1) is 15.3. The third kappa shape index (κ3) is 4.20. The van der Waals surface area contributed by atoms with E-state index in [0.717, 1.165) is 16.7 Å². The van der Waals surface area contributed by atoms with E-state index in [-0.39, 0.29) is 5.91 Å². The topological polar surface area (TPSA) is 42.7 Å². The van der Waals surface area contributed by atoms with Gasteiger partial charge in [-0.15, -0.1) is 0 Å². The predicted octanol–water partition coefficient (Wildman–Crippen LogP) is 3.19. The Morgan fingerprint density at radius 1 is 1.24 bits per heavy atom. The van der Waals surface area contributed by atoms with Crippen molar-refractivity contribution in [3.8, 4) is 0 Å². The molecule has 4 nitrogen and oxygen atoms in total. The van der Waals surface area contributed by atoms with E-state index in [1.54, 1.807) is 24.5 Å². The Hall–Kier alpha value is -2.07. The van der Waals surface area contributed by atoms with E-state index in [4.69, 9.17) is 9.15 Å². The van der Waals surface area contributed by atoms with Crippen LogP contribution in [0, 0.1) is 13.8 Å². The Kier molecular flexibility index (Phi) is 5.17. The van der Waals surface area contributed by atoms with E-state index >= 15 is 0 Å². The first-order chi connectivity index (χ1) is 10.1. The Bertz CT molecular complexity index is 570. The van der Waals surface area contributed by atoms with Gasteiger partial charge in [0.1, 0.15) is 0 Å². The average molecular weight is 287 g/mol. The largest absolute Gasteiger partial charge is 0.472 e. The average Bonchev–Trinajstić information content (AvgIpc) is 2.94. The Morgan fingerprint density at radius 2 is 1.95 bits per heavy atom. The summed E-state index contributed by atoms with van der Waals surface area (Å²) in [5.41, 5.74) is 3.87. The first-order valence-electron chi connectivity index (χ1n) is 6.97. The van der Waals surface area contributed by atoms with Gasteiger partial charge in [0.25, 0.3) is 5.91 Å². The highest BCUT2D eigenvalue weighted by molar-refractivity contribution is 5.94. The number of hydrogen-bond donors (Lipinski definition) is 0. The van der Waals surface area contributed by atoms with Crippen LogP contribution in [-0.2, 0) is 11.3 Å². The summed E-state index contributed by atoms with van der Waals surface area (Å²) in [5.74, 6) is 0.0139. The van der Waals surface area contributed by atoms with E-state index < -0.39 is 0 Å². The minimum Gasteiger partial charge on any atom is -0.472 e. The molecule has 1 aromatic carbocycles. The molecule has 0 aliphatic carbocycles. The minimum atomic E-state index is 0.0139. The summed E-state index contributed by atoms with van der Waals surface area (Å²) in [7, 11) is 1.64. The second-order valence-electron chi connectivity index (χ2n) is 5.23. The molecule has 0 fully saturated rings. The summed E-state index contributed by atoms with van der Waals surface area (Å²) >= 11 is 0. The van der Waals surface area contributed by atoms with Gasteiger partial charge in [0, 0.05) is 31.3 Å². The maximum atomic E-state index is 12.7. The lowest BCUT2D eigenvalue weighted by Gasteiger charge is -2.22. The lowest BCUT2D eigenvalue weighted by molar-refractivity contribution is 0.0680. The van der Waals surface area contributed by atoms with E-state index in [9.17, 15) is 4.79 Å². The van der Waals surface area contributed by atoms with Gasteiger partial charge in [-0.25, -0.2) is 0 Å². The van der Waals surface area contributed by atoms with Gasteiger partial charge in [-0.2, -0.15) is 0 Å². The number of hydrogen-bond acceptors (Lipinski definition) is 3. The highest BCUT2D eigenvalue weighted by Gasteiger charge is 2.17. The maximum Gasteiger partial charge on any atom is 0.254 e. The third-order valence-electron chi connectivity index (χ3n) is 3.27. The lowest BCUT2D eigenvalue weighted by atomic mass is 10.1. The van der Waals surface area contributed by atoms with E-state index in [1.165, 1.54) is 0 Å². The summed E-state index contributed by atoms with van der Waals surface area (Å²) in [4.78, 5) is 14.5. The Labute approximate surface area is 125 Å². The van der Waals surface area contributed by atoms with E-state index in [0.29, 0.717) is 25.3 Å². The molecule has 112 valence electrons. The van der Waals surface area contributed by atoms with Crippen LogP contribution in [-0.4, -0.2) is 31.1 Å². The number of aryl methyl sites for hydroxylation is 2. The quantitative estimate of drug-likeness (QED) is 0.819. The standard InChI is InChI=1S/C17H21NO3/c1-13-8-14(2)10-16(9-13)17(19)18(5-7-20-3)11-15-4-6-21-12-15/h4,6,8-10,12H,5,7,11H2,1-3H3. The summed E-state index contributed by atoms with van der Waals surface area (Å²) < 4.78 is 10.2. The van der Waals surface area contributed by atoms with Crippen molar-refractivity contribution in [2.75, 3.05) is 20.3 Å². The molecule has 0 atom stereocenters. The molecule has 0 unspecified atom stereocenters. The SMILES string of the molecule is COCCN(Cc1ccoc1)C(=O)c1cc(C)cc(C)c1. The van der Waals surface area contributed by atoms with Crippen molar-refractivity contribution < 1.29 is 13.9 Å². The van der Waals surface area contributed by atoms with Crippen LogP contribution in [0.3, 0.4) is 0 Å². The fraction of sp³-hybridized carbons (Fsp3) is 0.353. The van der Waals surface area contributed by atoms with E-state index in [2.05, 4.69) is 6.07 Å². The van der Waals surface area contributed by atoms with Crippen molar-refractivity contribution in [2.45, 2.75) is 20.4 Å². The molecule has 4 heteroatoms. The Balaban J connectivity index is 2.20. The van der Waals surface area contributed by atoms with Crippen LogP contribution >= 0.6 is 0 Å². The van der Waals surface area contributed by atoms with Gasteiger partial charge < -0.3 is 14.1 Å². The number of benzene rings is 1. The van der Waals surface area contributed by atoms with Crippen molar-refractivity contribution in [3.63, 3.8) is 0 Å². The molecule has 1 aromatic heterocycles. The van der Waals surface area contributed by atoms with Gasteiger partial charge in [0.15, 0.2) is 0 Å². The van der Waals surface area contributed by atoms with Crippen molar-refractivity contribution in [1.82, 2.24) is 4.90 Å². The zero-order valence-electron chi connectivity index (χ0n) is 12.8. The van der Waals surface area contributed by atoms with Crippen molar-refractivity contribution in [3.05, 3.63) is 59.0 Å². The predicted molar refractivity (Wildman–Crippen MR) is 81.2 cm³/mol. The molecule has 0 saturated carbocycles. The molecule has 0 bridgehead atoms. The highest BCUT2D eigenvalue weighted by atomic mass is 16.5. The monoisotopic (exact) mass is 287 g/mol. The molecule has 0 radical (unpaired) electrons. The van der Waals surface area contributed by atoms with E-state index in [1.807, 2.05) is 32.0 Å². The van der Waals surface area contributed by atoms with Crippen molar-refractivity contribution in [2.24, 2.45) is 0 Å². The fourth-order valence-corrected chi connectivity index (χ4v) is 2.34. The zero-order chi connectivity index (χ0) is 15.2. The molecule has 0 aliphatic rings. The molecule has 1 amide bonds. The number of carbonyl (C=O) groups excluding carboxylic acids is 1. The molecular weight excluding hydrogens is 266 g/mol. The van der Waals surface area contributed by atoms with Crippen molar-refractivity contribution in [1.29, 1.82) is 0 Å². The van der Waals surface area contributed by atoms with Crippen LogP contribution in [0.2, 0.25) is 0 Å². The highest BCUT2D eigenvalue weighted by Crippen LogP contribution is 2.14. The zero-order valence-corrected chi connectivity index (χ0v) is 12.8. The molecule has 1 heterocycles. The van der Waals surface area contributed by atoms with Gasteiger partial charge in [-0.05, 0) is 32.0 Å². The normalized spacial score (nSPS) is 10.6. The number of methoxy groups -OCH3 is 1. The van der Waals surface area contributed by atoms with Gasteiger partial charge in [0.2, 0.25) is 0 Å². The van der Waals surface area contributed by atoms with Gasteiger partial charge in [-0.3, -0.25) is 4.79 Å². The second kappa shape index (κ2) is 7.09. The van der Waals surface area contributed by atoms with Gasteiger partial charge in [-0.1, -0.05) is 17.2 Å². The molecule has 21 heavy (non-hydrogen) atoms. The summed E-state index contributed by atoms with van der Waals surface area (Å²) in [6.45, 7) is 5.58. The fourth-order valence-electron chi connectivity index (χ4n) is 2.34. The molecule has 2 aromatic rings. The number of nitrogens with zero attached hydrogens (tertiary/aromatic N) is 1. The summed E-state index contributed by atoms with van der Waals surface area (Å²) in [5, 5.41) is 0. The maximum absolute atomic E-state index is 12.7. The molecule has 2 rings (SSSR count).